The van der Waals surface area contributed by atoms with E-state index < -0.39 is 0 Å². The van der Waals surface area contributed by atoms with Crippen molar-refractivity contribution >= 4 is 29.0 Å². The highest BCUT2D eigenvalue weighted by atomic mass is 32.1. The SMILES string of the molecule is CC(=O)N[C@@H](CC(C)C)c1nc(C(=O)Nc2cc(C(C)C)nn2C)cs1. The molecule has 2 amide bonds. The third-order valence-corrected chi connectivity index (χ3v) is 4.83. The zero-order chi connectivity index (χ0) is 19.4. The van der Waals surface area contributed by atoms with Crippen molar-refractivity contribution in [2.24, 2.45) is 13.0 Å². The van der Waals surface area contributed by atoms with E-state index in [1.54, 1.807) is 17.1 Å². The lowest BCUT2D eigenvalue weighted by molar-refractivity contribution is -0.119. The number of thiazole rings is 1. The van der Waals surface area contributed by atoms with Crippen LogP contribution in [0.2, 0.25) is 0 Å². The molecule has 26 heavy (non-hydrogen) atoms. The number of hydrogen-bond donors (Lipinski definition) is 2. The molecule has 2 heterocycles. The highest BCUT2D eigenvalue weighted by Crippen LogP contribution is 2.25. The normalized spacial score (nSPS) is 12.5. The van der Waals surface area contributed by atoms with Gasteiger partial charge >= 0.3 is 0 Å². The molecular formula is C18H27N5O2S. The van der Waals surface area contributed by atoms with E-state index in [9.17, 15) is 9.59 Å². The van der Waals surface area contributed by atoms with E-state index in [0.717, 1.165) is 17.1 Å². The molecule has 0 saturated carbocycles. The van der Waals surface area contributed by atoms with Crippen molar-refractivity contribution in [1.29, 1.82) is 0 Å². The fourth-order valence-electron chi connectivity index (χ4n) is 2.56. The van der Waals surface area contributed by atoms with Crippen LogP contribution in [0.25, 0.3) is 0 Å². The Morgan fingerprint density at radius 1 is 1.27 bits per heavy atom. The second-order valence-electron chi connectivity index (χ2n) is 7.14. The lowest BCUT2D eigenvalue weighted by Crippen LogP contribution is -2.27. The Labute approximate surface area is 158 Å². The van der Waals surface area contributed by atoms with Crippen molar-refractivity contribution in [3.05, 3.63) is 27.8 Å². The molecule has 0 unspecified atom stereocenters. The molecule has 7 nitrogen and oxygen atoms in total. The van der Waals surface area contributed by atoms with Gasteiger partial charge in [0, 0.05) is 25.4 Å². The standard InChI is InChI=1S/C18H27N5O2S/c1-10(2)7-14(19-12(5)24)18-20-15(9-26-18)17(25)21-16-8-13(11(3)4)22-23(16)6/h8-11,14H,7H2,1-6H3,(H,19,24)(H,21,25)/t14-/m0/s1. The number of nitrogens with zero attached hydrogens (tertiary/aromatic N) is 3. The van der Waals surface area contributed by atoms with Crippen LogP contribution in [0.15, 0.2) is 11.4 Å². The first-order chi connectivity index (χ1) is 12.2. The molecule has 0 bridgehead atoms. The number of rotatable bonds is 7. The van der Waals surface area contributed by atoms with Crippen molar-refractivity contribution in [2.75, 3.05) is 5.32 Å². The molecular weight excluding hydrogens is 350 g/mol. The molecule has 2 rings (SSSR count). The van der Waals surface area contributed by atoms with Gasteiger partial charge in [0.05, 0.1) is 11.7 Å². The van der Waals surface area contributed by atoms with Crippen LogP contribution < -0.4 is 10.6 Å². The number of nitrogens with one attached hydrogen (secondary N) is 2. The van der Waals surface area contributed by atoms with Crippen LogP contribution in [-0.2, 0) is 11.8 Å². The lowest BCUT2D eigenvalue weighted by atomic mass is 10.0. The molecule has 0 aliphatic rings. The number of anilines is 1. The van der Waals surface area contributed by atoms with Crippen LogP contribution in [0.4, 0.5) is 5.82 Å². The van der Waals surface area contributed by atoms with Gasteiger partial charge in [-0.05, 0) is 18.3 Å². The lowest BCUT2D eigenvalue weighted by Gasteiger charge is -2.17. The highest BCUT2D eigenvalue weighted by Gasteiger charge is 2.21. The fourth-order valence-corrected chi connectivity index (χ4v) is 3.42. The van der Waals surface area contributed by atoms with Crippen molar-refractivity contribution in [1.82, 2.24) is 20.1 Å². The zero-order valence-electron chi connectivity index (χ0n) is 16.2. The average Bonchev–Trinajstić information content (AvgIpc) is 3.13. The van der Waals surface area contributed by atoms with Crippen LogP contribution in [0.1, 0.15) is 74.2 Å². The summed E-state index contributed by atoms with van der Waals surface area (Å²) in [5, 5.41) is 12.6. The third kappa shape index (κ3) is 5.14. The third-order valence-electron chi connectivity index (χ3n) is 3.87. The Bertz CT molecular complexity index is 778. The summed E-state index contributed by atoms with van der Waals surface area (Å²) in [7, 11) is 1.80. The van der Waals surface area contributed by atoms with Gasteiger partial charge in [-0.25, -0.2) is 4.98 Å². The van der Waals surface area contributed by atoms with Crippen molar-refractivity contribution in [3.8, 4) is 0 Å². The molecule has 0 fully saturated rings. The summed E-state index contributed by atoms with van der Waals surface area (Å²) in [4.78, 5) is 28.4. The minimum atomic E-state index is -0.281. The molecule has 0 aliphatic carbocycles. The molecule has 2 N–H and O–H groups in total. The Kier molecular flexibility index (Phi) is 6.52. The summed E-state index contributed by atoms with van der Waals surface area (Å²) in [5.74, 6) is 0.933. The van der Waals surface area contributed by atoms with Gasteiger partial charge in [0.2, 0.25) is 5.91 Å². The fraction of sp³-hybridized carbons (Fsp3) is 0.556. The highest BCUT2D eigenvalue weighted by molar-refractivity contribution is 7.10. The maximum atomic E-state index is 12.5. The molecule has 1 atom stereocenters. The maximum Gasteiger partial charge on any atom is 0.276 e. The number of aromatic nitrogens is 3. The number of aryl methyl sites for hydroxylation is 1. The average molecular weight is 378 g/mol. The molecule has 0 aromatic carbocycles. The number of hydrogen-bond acceptors (Lipinski definition) is 5. The van der Waals surface area contributed by atoms with E-state index in [0.29, 0.717) is 17.4 Å². The second-order valence-corrected chi connectivity index (χ2v) is 8.03. The quantitative estimate of drug-likeness (QED) is 0.773. The summed E-state index contributed by atoms with van der Waals surface area (Å²) >= 11 is 1.39. The Morgan fingerprint density at radius 2 is 1.96 bits per heavy atom. The number of carbonyl (C=O) groups is 2. The molecule has 142 valence electrons. The van der Waals surface area contributed by atoms with E-state index in [-0.39, 0.29) is 23.8 Å². The van der Waals surface area contributed by atoms with Gasteiger partial charge in [0.15, 0.2) is 0 Å². The molecule has 0 spiro atoms. The van der Waals surface area contributed by atoms with Crippen molar-refractivity contribution in [3.63, 3.8) is 0 Å². The molecule has 8 heteroatoms. The molecule has 0 aliphatic heterocycles. The first kappa shape index (κ1) is 20.1. The largest absolute Gasteiger partial charge is 0.347 e. The topological polar surface area (TPSA) is 88.9 Å². The van der Waals surface area contributed by atoms with Crippen LogP contribution in [-0.4, -0.2) is 26.6 Å². The number of carbonyl (C=O) groups excluding carboxylic acids is 2. The van der Waals surface area contributed by atoms with Crippen molar-refractivity contribution < 1.29 is 9.59 Å². The molecule has 2 aromatic heterocycles. The Morgan fingerprint density at radius 3 is 2.50 bits per heavy atom. The minimum absolute atomic E-state index is 0.104. The predicted octanol–water partition coefficient (Wildman–Crippen LogP) is 3.48. The van der Waals surface area contributed by atoms with E-state index >= 15 is 0 Å². The van der Waals surface area contributed by atoms with E-state index in [1.165, 1.54) is 18.3 Å². The van der Waals surface area contributed by atoms with Gasteiger partial charge < -0.3 is 10.6 Å². The first-order valence-electron chi connectivity index (χ1n) is 8.75. The van der Waals surface area contributed by atoms with Crippen LogP contribution >= 0.6 is 11.3 Å². The summed E-state index contributed by atoms with van der Waals surface area (Å²) < 4.78 is 1.65. The minimum Gasteiger partial charge on any atom is -0.347 e. The zero-order valence-corrected chi connectivity index (χ0v) is 17.0. The van der Waals surface area contributed by atoms with Crippen LogP contribution in [0.3, 0.4) is 0 Å². The van der Waals surface area contributed by atoms with Crippen molar-refractivity contribution in [2.45, 2.75) is 53.0 Å². The van der Waals surface area contributed by atoms with Gasteiger partial charge in [0.25, 0.3) is 5.91 Å². The van der Waals surface area contributed by atoms with Gasteiger partial charge in [0.1, 0.15) is 16.5 Å². The van der Waals surface area contributed by atoms with Gasteiger partial charge in [-0.15, -0.1) is 11.3 Å². The Hall–Kier alpha value is -2.22. The van der Waals surface area contributed by atoms with E-state index in [1.807, 2.05) is 6.07 Å². The summed E-state index contributed by atoms with van der Waals surface area (Å²) in [5.41, 5.74) is 1.26. The van der Waals surface area contributed by atoms with Crippen LogP contribution in [0, 0.1) is 5.92 Å². The summed E-state index contributed by atoms with van der Waals surface area (Å²) in [6, 6.07) is 1.69. The first-order valence-corrected chi connectivity index (χ1v) is 9.63. The second kappa shape index (κ2) is 8.44. The number of amides is 2. The Balaban J connectivity index is 2.14. The monoisotopic (exact) mass is 377 g/mol. The smallest absolute Gasteiger partial charge is 0.276 e. The van der Waals surface area contributed by atoms with Crippen LogP contribution in [0.5, 0.6) is 0 Å². The molecule has 2 aromatic rings. The van der Waals surface area contributed by atoms with E-state index in [4.69, 9.17) is 0 Å². The molecule has 0 saturated heterocycles. The van der Waals surface area contributed by atoms with Gasteiger partial charge in [-0.2, -0.15) is 5.10 Å². The summed E-state index contributed by atoms with van der Waals surface area (Å²) in [6.07, 6.45) is 0.771. The van der Waals surface area contributed by atoms with E-state index in [2.05, 4.69) is 48.4 Å². The van der Waals surface area contributed by atoms with Gasteiger partial charge in [-0.3, -0.25) is 14.3 Å². The predicted molar refractivity (Wildman–Crippen MR) is 103 cm³/mol. The van der Waals surface area contributed by atoms with Gasteiger partial charge in [-0.1, -0.05) is 27.7 Å². The summed E-state index contributed by atoms with van der Waals surface area (Å²) in [6.45, 7) is 9.77. The maximum absolute atomic E-state index is 12.5. The molecule has 0 radical (unpaired) electrons.